The largest absolute Gasteiger partial charge is 0.384 e. The second-order valence-corrected chi connectivity index (χ2v) is 9.98. The highest BCUT2D eigenvalue weighted by molar-refractivity contribution is 7.89. The van der Waals surface area contributed by atoms with Crippen molar-refractivity contribution in [2.75, 3.05) is 13.1 Å². The van der Waals surface area contributed by atoms with Gasteiger partial charge >= 0.3 is 0 Å². The van der Waals surface area contributed by atoms with Crippen LogP contribution in [0, 0.1) is 12.3 Å². The number of nitrogens with two attached hydrogens (primary N) is 1. The topological polar surface area (TPSA) is 145 Å². The van der Waals surface area contributed by atoms with E-state index >= 15 is 0 Å². The number of sulfonamides is 1. The Balaban J connectivity index is 1.57. The molecular formula is C22H26ClN5O4S. The van der Waals surface area contributed by atoms with Gasteiger partial charge in [0.15, 0.2) is 0 Å². The number of aryl methyl sites for hydroxylation is 1. The summed E-state index contributed by atoms with van der Waals surface area (Å²) in [4.78, 5) is 26.8. The molecule has 3 rings (SSSR count). The molecule has 1 saturated heterocycles. The normalized spacial score (nSPS) is 15.9. The van der Waals surface area contributed by atoms with E-state index in [2.05, 4.69) is 10.0 Å². The maximum Gasteiger partial charge on any atom is 0.243 e. The summed E-state index contributed by atoms with van der Waals surface area (Å²) in [5.74, 6) is -0.809. The predicted octanol–water partition coefficient (Wildman–Crippen LogP) is 1.52. The third-order valence-corrected chi connectivity index (χ3v) is 7.28. The Hall–Kier alpha value is -2.95. The Bertz CT molecular complexity index is 1170. The molecule has 5 N–H and O–H groups in total. The van der Waals surface area contributed by atoms with Gasteiger partial charge in [-0.2, -0.15) is 0 Å². The van der Waals surface area contributed by atoms with Crippen molar-refractivity contribution < 1.29 is 18.0 Å². The molecule has 0 bridgehead atoms. The molecule has 11 heteroatoms. The zero-order valence-electron chi connectivity index (χ0n) is 18.1. The van der Waals surface area contributed by atoms with Gasteiger partial charge in [-0.05, 0) is 43.0 Å². The van der Waals surface area contributed by atoms with E-state index in [0.29, 0.717) is 30.0 Å². The van der Waals surface area contributed by atoms with Crippen LogP contribution in [-0.2, 0) is 26.2 Å². The van der Waals surface area contributed by atoms with Gasteiger partial charge in [0.05, 0.1) is 11.4 Å². The third-order valence-electron chi connectivity index (χ3n) is 5.47. The maximum absolute atomic E-state index is 12.7. The van der Waals surface area contributed by atoms with E-state index in [1.165, 1.54) is 17.0 Å². The zero-order chi connectivity index (χ0) is 24.2. The Labute approximate surface area is 197 Å². The van der Waals surface area contributed by atoms with E-state index in [9.17, 15) is 18.0 Å². The molecule has 2 aromatic rings. The highest BCUT2D eigenvalue weighted by atomic mass is 35.5. The Morgan fingerprint density at radius 2 is 1.91 bits per heavy atom. The van der Waals surface area contributed by atoms with Gasteiger partial charge in [0.1, 0.15) is 11.9 Å². The van der Waals surface area contributed by atoms with Crippen molar-refractivity contribution in [1.82, 2.24) is 14.9 Å². The van der Waals surface area contributed by atoms with E-state index in [1.54, 1.807) is 37.3 Å². The fourth-order valence-electron chi connectivity index (χ4n) is 3.53. The molecule has 0 spiro atoms. The minimum atomic E-state index is -3.92. The monoisotopic (exact) mass is 491 g/mol. The van der Waals surface area contributed by atoms with Gasteiger partial charge < -0.3 is 16.0 Å². The average molecular weight is 492 g/mol. The SMILES string of the molecule is Cc1ccc(S(=O)(=O)NCC(=O)N2CCC[C@H]2C(=O)NCc2ccc(C(=N)N)cc2)cc1Cl. The Morgan fingerprint density at radius 3 is 2.55 bits per heavy atom. The number of amides is 2. The molecule has 1 aliphatic rings. The van der Waals surface area contributed by atoms with Crippen LogP contribution in [0.3, 0.4) is 0 Å². The second kappa shape index (κ2) is 10.3. The van der Waals surface area contributed by atoms with Gasteiger partial charge in [-0.15, -0.1) is 0 Å². The van der Waals surface area contributed by atoms with E-state index < -0.39 is 28.5 Å². The van der Waals surface area contributed by atoms with Gasteiger partial charge in [-0.25, -0.2) is 13.1 Å². The lowest BCUT2D eigenvalue weighted by atomic mass is 10.1. The maximum atomic E-state index is 12.7. The number of hydrogen-bond acceptors (Lipinski definition) is 5. The molecule has 33 heavy (non-hydrogen) atoms. The minimum Gasteiger partial charge on any atom is -0.384 e. The van der Waals surface area contributed by atoms with Gasteiger partial charge in [-0.3, -0.25) is 15.0 Å². The number of hydrogen-bond donors (Lipinski definition) is 4. The summed E-state index contributed by atoms with van der Waals surface area (Å²) in [5.41, 5.74) is 7.60. The summed E-state index contributed by atoms with van der Waals surface area (Å²) in [7, 11) is -3.92. The van der Waals surface area contributed by atoms with E-state index in [0.717, 1.165) is 11.1 Å². The number of likely N-dealkylation sites (tertiary alicyclic amines) is 1. The molecule has 2 amide bonds. The van der Waals surface area contributed by atoms with Gasteiger partial charge in [0.2, 0.25) is 21.8 Å². The highest BCUT2D eigenvalue weighted by Gasteiger charge is 2.34. The molecule has 1 heterocycles. The quantitative estimate of drug-likeness (QED) is 0.326. The Kier molecular flexibility index (Phi) is 7.72. The van der Waals surface area contributed by atoms with Crippen molar-refractivity contribution in [2.24, 2.45) is 5.73 Å². The molecule has 0 unspecified atom stereocenters. The van der Waals surface area contributed by atoms with Gasteiger partial charge in [-0.1, -0.05) is 41.9 Å². The summed E-state index contributed by atoms with van der Waals surface area (Å²) in [6, 6.07) is 10.6. The van der Waals surface area contributed by atoms with Crippen LogP contribution in [0.4, 0.5) is 0 Å². The fraction of sp³-hybridized carbons (Fsp3) is 0.318. The predicted molar refractivity (Wildman–Crippen MR) is 125 cm³/mol. The first-order chi connectivity index (χ1) is 15.6. The number of nitrogen functional groups attached to an aromatic ring is 1. The number of rotatable bonds is 8. The van der Waals surface area contributed by atoms with Gasteiger partial charge in [0, 0.05) is 23.7 Å². The first-order valence-corrected chi connectivity index (χ1v) is 12.2. The molecule has 0 saturated carbocycles. The average Bonchev–Trinajstić information content (AvgIpc) is 3.28. The Morgan fingerprint density at radius 1 is 1.21 bits per heavy atom. The van der Waals surface area contributed by atoms with E-state index in [4.69, 9.17) is 22.7 Å². The van der Waals surface area contributed by atoms with Crippen molar-refractivity contribution in [3.63, 3.8) is 0 Å². The van der Waals surface area contributed by atoms with Crippen LogP contribution < -0.4 is 15.8 Å². The summed E-state index contributed by atoms with van der Waals surface area (Å²) in [6.07, 6.45) is 1.15. The number of benzene rings is 2. The van der Waals surface area contributed by atoms with Crippen molar-refractivity contribution in [3.8, 4) is 0 Å². The lowest BCUT2D eigenvalue weighted by Gasteiger charge is -2.24. The summed E-state index contributed by atoms with van der Waals surface area (Å²) in [5, 5.41) is 10.5. The summed E-state index contributed by atoms with van der Waals surface area (Å²) < 4.78 is 27.3. The number of carbonyl (C=O) groups is 2. The first-order valence-electron chi connectivity index (χ1n) is 10.3. The van der Waals surface area contributed by atoms with Crippen molar-refractivity contribution >= 4 is 39.3 Å². The van der Waals surface area contributed by atoms with Crippen LogP contribution in [0.5, 0.6) is 0 Å². The summed E-state index contributed by atoms with van der Waals surface area (Å²) >= 11 is 6.01. The zero-order valence-corrected chi connectivity index (χ0v) is 19.7. The standard InChI is InChI=1S/C22H26ClN5O4S/c1-14-4-9-17(11-18(14)23)33(31,32)27-13-20(29)28-10-2-3-19(28)22(30)26-12-15-5-7-16(8-6-15)21(24)25/h4-9,11,19,27H,2-3,10,12-13H2,1H3,(H3,24,25)(H,26,30)/t19-/m0/s1. The molecule has 1 aliphatic heterocycles. The lowest BCUT2D eigenvalue weighted by Crippen LogP contribution is -2.48. The third kappa shape index (κ3) is 6.10. The van der Waals surface area contributed by atoms with E-state index in [1.807, 2.05) is 0 Å². The molecule has 0 aromatic heterocycles. The molecule has 176 valence electrons. The molecule has 0 radical (unpaired) electrons. The van der Waals surface area contributed by atoms with Crippen LogP contribution in [0.1, 0.15) is 29.5 Å². The minimum absolute atomic E-state index is 0.0302. The van der Waals surface area contributed by atoms with Gasteiger partial charge in [0.25, 0.3) is 0 Å². The number of carbonyl (C=O) groups excluding carboxylic acids is 2. The van der Waals surface area contributed by atoms with Crippen molar-refractivity contribution in [1.29, 1.82) is 5.41 Å². The van der Waals surface area contributed by atoms with Crippen LogP contribution in [0.25, 0.3) is 0 Å². The molecule has 1 fully saturated rings. The fourth-order valence-corrected chi connectivity index (χ4v) is 4.77. The number of amidine groups is 1. The van der Waals surface area contributed by atoms with Crippen LogP contribution in [0.15, 0.2) is 47.4 Å². The molecule has 2 aromatic carbocycles. The summed E-state index contributed by atoms with van der Waals surface area (Å²) in [6.45, 7) is 1.94. The van der Waals surface area contributed by atoms with Crippen LogP contribution in [0.2, 0.25) is 5.02 Å². The van der Waals surface area contributed by atoms with Crippen molar-refractivity contribution in [2.45, 2.75) is 37.2 Å². The smallest absolute Gasteiger partial charge is 0.243 e. The highest BCUT2D eigenvalue weighted by Crippen LogP contribution is 2.21. The number of nitrogens with one attached hydrogen (secondary N) is 3. The number of nitrogens with zero attached hydrogens (tertiary/aromatic N) is 1. The van der Waals surface area contributed by atoms with E-state index in [-0.39, 0.29) is 23.2 Å². The molecule has 1 atom stereocenters. The molecule has 9 nitrogen and oxygen atoms in total. The van der Waals surface area contributed by atoms with Crippen LogP contribution in [-0.4, -0.2) is 50.1 Å². The lowest BCUT2D eigenvalue weighted by molar-refractivity contribution is -0.137. The second-order valence-electron chi connectivity index (χ2n) is 7.81. The first kappa shape index (κ1) is 24.7. The number of halogens is 1. The molecule has 0 aliphatic carbocycles. The molecular weight excluding hydrogens is 466 g/mol. The van der Waals surface area contributed by atoms with Crippen LogP contribution >= 0.6 is 11.6 Å². The van der Waals surface area contributed by atoms with Crippen molar-refractivity contribution in [3.05, 3.63) is 64.2 Å².